The van der Waals surface area contributed by atoms with Crippen LogP contribution in [-0.2, 0) is 29.3 Å². The van der Waals surface area contributed by atoms with E-state index in [2.05, 4.69) is 20.3 Å². The van der Waals surface area contributed by atoms with Crippen LogP contribution in [0.4, 0.5) is 23.7 Å². The average molecular weight is 464 g/mol. The van der Waals surface area contributed by atoms with Crippen molar-refractivity contribution in [2.24, 2.45) is 0 Å². The highest BCUT2D eigenvalue weighted by Crippen LogP contribution is 2.29. The van der Waals surface area contributed by atoms with E-state index in [1.807, 2.05) is 0 Å². The smallest absolute Gasteiger partial charge is 0.334 e. The van der Waals surface area contributed by atoms with Gasteiger partial charge in [-0.25, -0.2) is 17.9 Å². The summed E-state index contributed by atoms with van der Waals surface area (Å²) in [5.74, 6) is 0. The highest BCUT2D eigenvalue weighted by Gasteiger charge is 2.30. The van der Waals surface area contributed by atoms with Crippen LogP contribution in [0.5, 0.6) is 0 Å². The number of nitrogens with one attached hydrogen (secondary N) is 3. The molecule has 0 bridgehead atoms. The zero-order valence-electron chi connectivity index (χ0n) is 16.6. The van der Waals surface area contributed by atoms with Crippen LogP contribution >= 0.6 is 0 Å². The third kappa shape index (κ3) is 6.53. The van der Waals surface area contributed by atoms with Crippen molar-refractivity contribution < 1.29 is 26.4 Å². The molecule has 32 heavy (non-hydrogen) atoms. The van der Waals surface area contributed by atoms with Crippen molar-refractivity contribution in [2.75, 3.05) is 5.32 Å². The van der Waals surface area contributed by atoms with Gasteiger partial charge in [-0.1, -0.05) is 24.3 Å². The van der Waals surface area contributed by atoms with E-state index in [0.29, 0.717) is 5.69 Å². The van der Waals surface area contributed by atoms with Crippen molar-refractivity contribution in [1.82, 2.24) is 15.0 Å². The van der Waals surface area contributed by atoms with Gasteiger partial charge in [-0.05, 0) is 47.5 Å². The van der Waals surface area contributed by atoms with Crippen molar-refractivity contribution in [1.29, 1.82) is 0 Å². The number of amides is 2. The van der Waals surface area contributed by atoms with Gasteiger partial charge in [0.2, 0.25) is 10.0 Å². The molecule has 0 aliphatic heterocycles. The molecule has 7 nitrogen and oxygen atoms in total. The highest BCUT2D eigenvalue weighted by molar-refractivity contribution is 7.89. The molecular formula is C21H19F3N4O3S. The molecule has 0 fully saturated rings. The lowest BCUT2D eigenvalue weighted by atomic mass is 10.1. The minimum absolute atomic E-state index is 0.0919. The first-order chi connectivity index (χ1) is 15.1. The number of urea groups is 1. The average Bonchev–Trinajstić information content (AvgIpc) is 2.77. The fraction of sp³-hybridized carbons (Fsp3) is 0.143. The van der Waals surface area contributed by atoms with E-state index in [1.165, 1.54) is 36.4 Å². The molecule has 0 spiro atoms. The quantitative estimate of drug-likeness (QED) is 0.494. The van der Waals surface area contributed by atoms with Crippen LogP contribution in [0, 0.1) is 0 Å². The number of carbonyl (C=O) groups is 1. The molecule has 1 heterocycles. The van der Waals surface area contributed by atoms with Crippen molar-refractivity contribution in [3.05, 3.63) is 89.7 Å². The van der Waals surface area contributed by atoms with E-state index < -0.39 is 27.8 Å². The molecule has 0 saturated carbocycles. The van der Waals surface area contributed by atoms with Gasteiger partial charge in [0, 0.05) is 31.2 Å². The van der Waals surface area contributed by atoms with Crippen LogP contribution in [-0.4, -0.2) is 19.4 Å². The molecule has 0 aliphatic rings. The minimum atomic E-state index is -4.51. The van der Waals surface area contributed by atoms with Crippen LogP contribution < -0.4 is 15.4 Å². The Labute approximate surface area is 182 Å². The van der Waals surface area contributed by atoms with Crippen molar-refractivity contribution in [3.63, 3.8) is 0 Å². The Morgan fingerprint density at radius 1 is 0.938 bits per heavy atom. The molecule has 2 amide bonds. The molecule has 1 aromatic heterocycles. The van der Waals surface area contributed by atoms with Crippen molar-refractivity contribution in [2.45, 2.75) is 24.2 Å². The Morgan fingerprint density at radius 2 is 1.66 bits per heavy atom. The normalized spacial score (nSPS) is 11.7. The summed E-state index contributed by atoms with van der Waals surface area (Å²) in [5, 5.41) is 5.22. The van der Waals surface area contributed by atoms with Crippen molar-refractivity contribution >= 4 is 21.7 Å². The van der Waals surface area contributed by atoms with Gasteiger partial charge < -0.3 is 10.6 Å². The molecule has 3 rings (SSSR count). The zero-order valence-corrected chi connectivity index (χ0v) is 17.4. The lowest BCUT2D eigenvalue weighted by Crippen LogP contribution is -2.28. The number of rotatable bonds is 7. The van der Waals surface area contributed by atoms with E-state index in [-0.39, 0.29) is 23.5 Å². The SMILES string of the molecule is O=C(NCc1cccnc1)Nc1ccc(S(=O)(=O)NCc2cccc(C(F)(F)F)c2)cc1. The zero-order chi connectivity index (χ0) is 23.2. The summed E-state index contributed by atoms with van der Waals surface area (Å²) in [5.41, 5.74) is 0.500. The van der Waals surface area contributed by atoms with Gasteiger partial charge in [-0.3, -0.25) is 4.98 Å². The third-order valence-electron chi connectivity index (χ3n) is 4.32. The molecule has 0 aliphatic carbocycles. The number of benzene rings is 2. The highest BCUT2D eigenvalue weighted by atomic mass is 32.2. The number of aromatic nitrogens is 1. The topological polar surface area (TPSA) is 100 Å². The molecule has 11 heteroatoms. The number of halogens is 3. The first kappa shape index (κ1) is 23.2. The summed E-state index contributed by atoms with van der Waals surface area (Å²) in [6.45, 7) is -0.0331. The monoisotopic (exact) mass is 464 g/mol. The maximum absolute atomic E-state index is 12.8. The van der Waals surface area contributed by atoms with Gasteiger partial charge in [0.25, 0.3) is 0 Å². The van der Waals surface area contributed by atoms with Gasteiger partial charge in [0.05, 0.1) is 10.5 Å². The van der Waals surface area contributed by atoms with Gasteiger partial charge in [0.15, 0.2) is 0 Å². The molecule has 0 radical (unpaired) electrons. The number of anilines is 1. The lowest BCUT2D eigenvalue weighted by Gasteiger charge is -2.11. The van der Waals surface area contributed by atoms with Gasteiger partial charge >= 0.3 is 12.2 Å². The van der Waals surface area contributed by atoms with E-state index in [9.17, 15) is 26.4 Å². The number of nitrogens with zero attached hydrogens (tertiary/aromatic N) is 1. The van der Waals surface area contributed by atoms with E-state index >= 15 is 0 Å². The van der Waals surface area contributed by atoms with Gasteiger partial charge in [0.1, 0.15) is 0 Å². The summed E-state index contributed by atoms with van der Waals surface area (Å²) in [6.07, 6.45) is -1.28. The number of sulfonamides is 1. The Bertz CT molecular complexity index is 1170. The first-order valence-electron chi connectivity index (χ1n) is 9.33. The maximum atomic E-state index is 12.8. The summed E-state index contributed by atoms with van der Waals surface area (Å²) in [6, 6.07) is 12.9. The standard InChI is InChI=1S/C21H19F3N4O3S/c22-21(23,24)17-5-1-3-15(11-17)14-27-32(30,31)19-8-6-18(7-9-19)28-20(29)26-13-16-4-2-10-25-12-16/h1-12,27H,13-14H2,(H2,26,28,29). The second kappa shape index (κ2) is 9.79. The predicted octanol–water partition coefficient (Wildman–Crippen LogP) is 3.90. The second-order valence-electron chi connectivity index (χ2n) is 6.72. The molecule has 3 aromatic rings. The second-order valence-corrected chi connectivity index (χ2v) is 8.48. The number of hydrogen-bond acceptors (Lipinski definition) is 4. The number of pyridine rings is 1. The Balaban J connectivity index is 1.56. The van der Waals surface area contributed by atoms with Crippen LogP contribution in [0.2, 0.25) is 0 Å². The molecule has 3 N–H and O–H groups in total. The minimum Gasteiger partial charge on any atom is -0.334 e. The largest absolute Gasteiger partial charge is 0.416 e. The third-order valence-corrected chi connectivity index (χ3v) is 5.74. The molecule has 2 aromatic carbocycles. The molecule has 0 unspecified atom stereocenters. The summed E-state index contributed by atoms with van der Waals surface area (Å²) in [7, 11) is -3.96. The van der Waals surface area contributed by atoms with Crippen LogP contribution in [0.25, 0.3) is 0 Å². The van der Waals surface area contributed by atoms with Crippen LogP contribution in [0.3, 0.4) is 0 Å². The molecule has 0 saturated heterocycles. The molecule has 0 atom stereocenters. The molecular weight excluding hydrogens is 445 g/mol. The van der Waals surface area contributed by atoms with E-state index in [1.54, 1.807) is 24.5 Å². The number of alkyl halides is 3. The maximum Gasteiger partial charge on any atom is 0.416 e. The lowest BCUT2D eigenvalue weighted by molar-refractivity contribution is -0.137. The number of hydrogen-bond donors (Lipinski definition) is 3. The number of carbonyl (C=O) groups excluding carboxylic acids is 1. The van der Waals surface area contributed by atoms with Gasteiger partial charge in [-0.15, -0.1) is 0 Å². The predicted molar refractivity (Wildman–Crippen MR) is 112 cm³/mol. The fourth-order valence-corrected chi connectivity index (χ4v) is 3.71. The molecule has 168 valence electrons. The Morgan fingerprint density at radius 3 is 2.31 bits per heavy atom. The first-order valence-corrected chi connectivity index (χ1v) is 10.8. The summed E-state index contributed by atoms with van der Waals surface area (Å²) in [4.78, 5) is 15.8. The summed E-state index contributed by atoms with van der Waals surface area (Å²) < 4.78 is 65.5. The van der Waals surface area contributed by atoms with Crippen molar-refractivity contribution in [3.8, 4) is 0 Å². The summed E-state index contributed by atoms with van der Waals surface area (Å²) >= 11 is 0. The van der Waals surface area contributed by atoms with E-state index in [0.717, 1.165) is 17.7 Å². The Hall–Kier alpha value is -3.44. The fourth-order valence-electron chi connectivity index (χ4n) is 2.70. The van der Waals surface area contributed by atoms with Crippen LogP contribution in [0.15, 0.2) is 78.0 Å². The van der Waals surface area contributed by atoms with Gasteiger partial charge in [-0.2, -0.15) is 13.2 Å². The Kier molecular flexibility index (Phi) is 7.11. The van der Waals surface area contributed by atoms with E-state index in [4.69, 9.17) is 0 Å². The van der Waals surface area contributed by atoms with Crippen LogP contribution in [0.1, 0.15) is 16.7 Å².